The number of carbonyl (C=O) groups is 2. The lowest BCUT2D eigenvalue weighted by Crippen LogP contribution is -2.31. The molecule has 3 aromatic rings. The molecule has 4 rings (SSSR count). The second-order valence-electron chi connectivity index (χ2n) is 6.73. The van der Waals surface area contributed by atoms with Gasteiger partial charge in [-0.2, -0.15) is 0 Å². The van der Waals surface area contributed by atoms with Crippen molar-refractivity contribution < 1.29 is 14.0 Å². The third-order valence-corrected chi connectivity index (χ3v) is 6.15. The van der Waals surface area contributed by atoms with Crippen molar-refractivity contribution in [1.82, 2.24) is 0 Å². The quantitative estimate of drug-likeness (QED) is 0.451. The molecule has 0 aromatic heterocycles. The van der Waals surface area contributed by atoms with E-state index in [2.05, 4.69) is 0 Å². The maximum absolute atomic E-state index is 13.4. The van der Waals surface area contributed by atoms with E-state index in [1.807, 2.05) is 19.1 Å². The first-order valence-corrected chi connectivity index (χ1v) is 10.6. The lowest BCUT2D eigenvalue weighted by atomic mass is 10.1. The summed E-state index contributed by atoms with van der Waals surface area (Å²) in [4.78, 5) is 28.9. The van der Waals surface area contributed by atoms with Gasteiger partial charge in [-0.05, 0) is 66.1 Å². The molecule has 0 atom stereocenters. The van der Waals surface area contributed by atoms with Gasteiger partial charge >= 0.3 is 0 Å². The normalized spacial score (nSPS) is 14.0. The monoisotopic (exact) mass is 437 g/mol. The van der Waals surface area contributed by atoms with Crippen LogP contribution >= 0.6 is 23.4 Å². The van der Waals surface area contributed by atoms with E-state index in [4.69, 9.17) is 11.6 Å². The highest BCUT2D eigenvalue weighted by Gasteiger charge is 2.40. The molecule has 0 saturated heterocycles. The van der Waals surface area contributed by atoms with Gasteiger partial charge in [-0.1, -0.05) is 54.6 Å². The molecule has 3 aromatic carbocycles. The van der Waals surface area contributed by atoms with Gasteiger partial charge in [-0.25, -0.2) is 9.29 Å². The lowest BCUT2D eigenvalue weighted by Gasteiger charge is -2.15. The number of aryl methyl sites for hydroxylation is 1. The summed E-state index contributed by atoms with van der Waals surface area (Å²) in [6.45, 7) is 2.04. The Balaban J connectivity index is 1.78. The molecule has 0 spiro atoms. The first-order valence-electron chi connectivity index (χ1n) is 9.39. The summed E-state index contributed by atoms with van der Waals surface area (Å²) in [7, 11) is 0. The molecule has 0 saturated carbocycles. The van der Waals surface area contributed by atoms with Crippen LogP contribution in [0.1, 0.15) is 18.1 Å². The first-order chi connectivity index (χ1) is 14.5. The topological polar surface area (TPSA) is 37.4 Å². The first kappa shape index (κ1) is 20.4. The lowest BCUT2D eigenvalue weighted by molar-refractivity contribution is -0.119. The Morgan fingerprint density at radius 3 is 2.10 bits per heavy atom. The number of halogens is 2. The van der Waals surface area contributed by atoms with Gasteiger partial charge in [0.05, 0.1) is 16.2 Å². The van der Waals surface area contributed by atoms with E-state index in [0.717, 1.165) is 16.9 Å². The molecule has 0 fully saturated rings. The second kappa shape index (κ2) is 8.46. The Kier molecular flexibility index (Phi) is 5.75. The van der Waals surface area contributed by atoms with E-state index in [1.165, 1.54) is 40.9 Å². The number of hydrogen-bond acceptors (Lipinski definition) is 3. The summed E-state index contributed by atoms with van der Waals surface area (Å²) >= 11 is 7.16. The Morgan fingerprint density at radius 2 is 1.50 bits per heavy atom. The molecule has 150 valence electrons. The van der Waals surface area contributed by atoms with Crippen molar-refractivity contribution in [3.63, 3.8) is 0 Å². The number of hydrogen-bond donors (Lipinski definition) is 0. The summed E-state index contributed by atoms with van der Waals surface area (Å²) in [5.41, 5.74) is 2.38. The average molecular weight is 438 g/mol. The van der Waals surface area contributed by atoms with Crippen molar-refractivity contribution in [1.29, 1.82) is 0 Å². The highest BCUT2D eigenvalue weighted by molar-refractivity contribution is 8.04. The SMILES string of the molecule is CCc1ccc(N2C(=O)C(Sc3ccc(Cl)cc3)=C(c3ccc(F)cc3)C2=O)cc1. The zero-order valence-corrected chi connectivity index (χ0v) is 17.6. The predicted molar refractivity (Wildman–Crippen MR) is 119 cm³/mol. The minimum atomic E-state index is -0.424. The molecule has 0 radical (unpaired) electrons. The molecule has 0 N–H and O–H groups in total. The van der Waals surface area contributed by atoms with Crippen LogP contribution < -0.4 is 4.90 Å². The molecular formula is C24H17ClFNO2S. The largest absolute Gasteiger partial charge is 0.272 e. The third-order valence-electron chi connectivity index (χ3n) is 4.81. The number of nitrogens with zero attached hydrogens (tertiary/aromatic N) is 1. The summed E-state index contributed by atoms with van der Waals surface area (Å²) in [6.07, 6.45) is 0.860. The maximum atomic E-state index is 13.4. The van der Waals surface area contributed by atoms with Crippen LogP contribution in [0.5, 0.6) is 0 Å². The molecule has 30 heavy (non-hydrogen) atoms. The van der Waals surface area contributed by atoms with Crippen molar-refractivity contribution >= 4 is 46.4 Å². The van der Waals surface area contributed by atoms with Gasteiger partial charge in [0.15, 0.2) is 0 Å². The van der Waals surface area contributed by atoms with Gasteiger partial charge in [0.1, 0.15) is 5.82 Å². The number of benzene rings is 3. The van der Waals surface area contributed by atoms with Crippen molar-refractivity contribution in [3.05, 3.63) is 99.7 Å². The summed E-state index contributed by atoms with van der Waals surface area (Å²) < 4.78 is 13.4. The smallest absolute Gasteiger partial charge is 0.268 e. The van der Waals surface area contributed by atoms with E-state index >= 15 is 0 Å². The number of thioether (sulfide) groups is 1. The Labute approximate surface area is 183 Å². The van der Waals surface area contributed by atoms with Gasteiger partial charge in [0.25, 0.3) is 11.8 Å². The predicted octanol–water partition coefficient (Wildman–Crippen LogP) is 6.12. The van der Waals surface area contributed by atoms with Crippen molar-refractivity contribution in [3.8, 4) is 0 Å². The van der Waals surface area contributed by atoms with Crippen LogP contribution in [0.3, 0.4) is 0 Å². The minimum absolute atomic E-state index is 0.263. The molecule has 6 heteroatoms. The molecule has 2 amide bonds. The highest BCUT2D eigenvalue weighted by atomic mass is 35.5. The van der Waals surface area contributed by atoms with Gasteiger partial charge in [0, 0.05) is 9.92 Å². The molecule has 0 unspecified atom stereocenters. The van der Waals surface area contributed by atoms with E-state index < -0.39 is 17.6 Å². The molecule has 1 aliphatic rings. The average Bonchev–Trinajstić information content (AvgIpc) is 3.00. The van der Waals surface area contributed by atoms with E-state index in [9.17, 15) is 14.0 Å². The summed E-state index contributed by atoms with van der Waals surface area (Å²) in [5, 5.41) is 0.582. The Morgan fingerprint density at radius 1 is 0.867 bits per heavy atom. The third kappa shape index (κ3) is 3.91. The summed E-state index contributed by atoms with van der Waals surface area (Å²) in [5.74, 6) is -1.23. The van der Waals surface area contributed by atoms with Crippen LogP contribution in [-0.2, 0) is 16.0 Å². The second-order valence-corrected chi connectivity index (χ2v) is 8.25. The molecule has 0 bridgehead atoms. The highest BCUT2D eigenvalue weighted by Crippen LogP contribution is 2.41. The van der Waals surface area contributed by atoms with Crippen molar-refractivity contribution in [2.45, 2.75) is 18.2 Å². The van der Waals surface area contributed by atoms with Crippen molar-refractivity contribution in [2.75, 3.05) is 4.90 Å². The van der Waals surface area contributed by atoms with Crippen LogP contribution in [0.2, 0.25) is 5.02 Å². The van der Waals surface area contributed by atoms with Gasteiger partial charge in [0.2, 0.25) is 0 Å². The van der Waals surface area contributed by atoms with Crippen LogP contribution in [0.25, 0.3) is 5.57 Å². The van der Waals surface area contributed by atoms with Crippen molar-refractivity contribution in [2.24, 2.45) is 0 Å². The van der Waals surface area contributed by atoms with Crippen LogP contribution in [0, 0.1) is 5.82 Å². The maximum Gasteiger partial charge on any atom is 0.272 e. The minimum Gasteiger partial charge on any atom is -0.268 e. The molecule has 0 aliphatic carbocycles. The van der Waals surface area contributed by atoms with E-state index in [0.29, 0.717) is 21.2 Å². The Bertz CT molecular complexity index is 1140. The number of rotatable bonds is 5. The number of imide groups is 1. The zero-order chi connectivity index (χ0) is 21.3. The number of amides is 2. The fourth-order valence-corrected chi connectivity index (χ4v) is 4.33. The number of anilines is 1. The van der Waals surface area contributed by atoms with Crippen LogP contribution in [0.15, 0.2) is 82.6 Å². The molecule has 3 nitrogen and oxygen atoms in total. The zero-order valence-electron chi connectivity index (χ0n) is 16.1. The van der Waals surface area contributed by atoms with E-state index in [1.54, 1.807) is 36.4 Å². The fraction of sp³-hybridized carbons (Fsp3) is 0.0833. The van der Waals surface area contributed by atoms with E-state index in [-0.39, 0.29) is 5.57 Å². The van der Waals surface area contributed by atoms with Crippen LogP contribution in [0.4, 0.5) is 10.1 Å². The molecule has 1 aliphatic heterocycles. The van der Waals surface area contributed by atoms with Crippen LogP contribution in [-0.4, -0.2) is 11.8 Å². The standard InChI is InChI=1S/C24H17ClFNO2S/c1-2-15-3-11-19(12-4-15)27-23(28)21(16-5-9-18(26)10-6-16)22(24(27)29)30-20-13-7-17(25)8-14-20/h3-14H,2H2,1H3. The summed E-state index contributed by atoms with van der Waals surface area (Å²) in [6, 6.07) is 20.0. The van der Waals surface area contributed by atoms with Gasteiger partial charge in [-0.15, -0.1) is 0 Å². The van der Waals surface area contributed by atoms with Gasteiger partial charge in [-0.3, -0.25) is 9.59 Å². The fourth-order valence-electron chi connectivity index (χ4n) is 3.21. The molecular weight excluding hydrogens is 421 g/mol. The number of carbonyl (C=O) groups excluding carboxylic acids is 2. The Hall–Kier alpha value is -2.89. The van der Waals surface area contributed by atoms with Gasteiger partial charge < -0.3 is 0 Å². The molecule has 1 heterocycles.